The molecular formula is C39H54FN5O. The second-order valence-electron chi connectivity index (χ2n) is 14.3. The van der Waals surface area contributed by atoms with Crippen molar-refractivity contribution in [2.75, 3.05) is 25.0 Å². The number of nitrogens with zero attached hydrogens (tertiary/aromatic N) is 4. The molecule has 3 aliphatic carbocycles. The molecule has 4 fully saturated rings. The van der Waals surface area contributed by atoms with E-state index in [0.717, 1.165) is 43.4 Å². The van der Waals surface area contributed by atoms with Crippen molar-refractivity contribution in [1.29, 1.82) is 0 Å². The Bertz CT molecular complexity index is 1520. The van der Waals surface area contributed by atoms with Gasteiger partial charge in [0.15, 0.2) is 11.6 Å². The zero-order valence-corrected chi connectivity index (χ0v) is 28.8. The predicted octanol–water partition coefficient (Wildman–Crippen LogP) is 8.97. The number of rotatable bonds is 11. The van der Waals surface area contributed by atoms with E-state index in [4.69, 9.17) is 6.42 Å². The fraction of sp³-hybridized carbons (Fsp3) is 0.590. The number of aryl methyl sites for hydroxylation is 1. The number of hydrogen-bond acceptors (Lipinski definition) is 6. The van der Waals surface area contributed by atoms with E-state index in [9.17, 15) is 4.79 Å². The van der Waals surface area contributed by atoms with E-state index in [0.29, 0.717) is 27.8 Å². The van der Waals surface area contributed by atoms with E-state index in [-0.39, 0.29) is 24.3 Å². The maximum absolute atomic E-state index is 15.0. The molecule has 2 aromatic heterocycles. The fourth-order valence-corrected chi connectivity index (χ4v) is 8.49. The largest absolute Gasteiger partial charge is 0.309 e. The van der Waals surface area contributed by atoms with Crippen LogP contribution in [0.1, 0.15) is 112 Å². The van der Waals surface area contributed by atoms with Crippen LogP contribution in [0.25, 0.3) is 5.57 Å². The van der Waals surface area contributed by atoms with Gasteiger partial charge >= 0.3 is 0 Å². The molecular weight excluding hydrogens is 573 g/mol. The van der Waals surface area contributed by atoms with Crippen molar-refractivity contribution in [2.45, 2.75) is 106 Å². The van der Waals surface area contributed by atoms with Gasteiger partial charge in [0, 0.05) is 37.3 Å². The first-order chi connectivity index (χ1) is 22.1. The number of terminal acetylenes is 1. The molecule has 0 aromatic carbocycles. The zero-order valence-electron chi connectivity index (χ0n) is 28.8. The van der Waals surface area contributed by atoms with Gasteiger partial charge in [0.05, 0.1) is 6.20 Å². The minimum atomic E-state index is -0.554. The quantitative estimate of drug-likeness (QED) is 0.152. The van der Waals surface area contributed by atoms with Crippen LogP contribution >= 0.6 is 0 Å². The normalized spacial score (nSPS) is 22.6. The standard InChI is InChI=1S/C37H46FN5O.C2H6.H2/c1-6-30(37(7-2)21-35(22-37)15-16-35)29(26(5)44)17-25(4)33-31(38)20-40-34(42-33)41-32-12-11-28(19-39-32)10-9-27-13-14-36(18-27)23-43(8-3)24-36;1-2;/h1,11-12,17,19-20,27H,7-10,13-16,18,21-24H2,2-5H3,(H,39,40,41,42);1-2H3;1H/b25-17+,30-29-;;. The number of hydrogen-bond donors (Lipinski definition) is 1. The monoisotopic (exact) mass is 627 g/mol. The summed E-state index contributed by atoms with van der Waals surface area (Å²) >= 11 is 0. The number of ketones is 1. The van der Waals surface area contributed by atoms with E-state index in [2.05, 4.69) is 51.0 Å². The maximum Gasteiger partial charge on any atom is 0.229 e. The Morgan fingerprint density at radius 3 is 2.46 bits per heavy atom. The summed E-state index contributed by atoms with van der Waals surface area (Å²) in [4.78, 5) is 28.6. The van der Waals surface area contributed by atoms with E-state index in [1.807, 2.05) is 26.1 Å². The van der Waals surface area contributed by atoms with Crippen molar-refractivity contribution >= 4 is 23.1 Å². The number of pyridine rings is 1. The smallest absolute Gasteiger partial charge is 0.229 e. The van der Waals surface area contributed by atoms with Crippen LogP contribution in [0, 0.1) is 40.3 Å². The van der Waals surface area contributed by atoms with Gasteiger partial charge in [-0.1, -0.05) is 39.7 Å². The molecule has 4 aliphatic rings. The number of Topliss-reactive ketones (excluding diaryl/α,β-unsaturated/α-hetero) is 1. The summed E-state index contributed by atoms with van der Waals surface area (Å²) in [6, 6.07) is 4.02. The molecule has 0 amide bonds. The molecule has 1 saturated heterocycles. The molecule has 0 bridgehead atoms. The Morgan fingerprint density at radius 1 is 1.13 bits per heavy atom. The minimum Gasteiger partial charge on any atom is -0.309 e. The molecule has 7 heteroatoms. The average molecular weight is 628 g/mol. The van der Waals surface area contributed by atoms with Crippen molar-refractivity contribution in [1.82, 2.24) is 19.9 Å². The van der Waals surface area contributed by atoms with Gasteiger partial charge in [0.2, 0.25) is 5.95 Å². The van der Waals surface area contributed by atoms with Gasteiger partial charge in [-0.15, -0.1) is 6.42 Å². The number of anilines is 2. The van der Waals surface area contributed by atoms with Gasteiger partial charge in [-0.25, -0.2) is 19.3 Å². The number of carbonyl (C=O) groups excluding carboxylic acids is 1. The molecule has 2 spiro atoms. The molecule has 0 radical (unpaired) electrons. The maximum atomic E-state index is 15.0. The topological polar surface area (TPSA) is 71.0 Å². The number of aromatic nitrogens is 3. The van der Waals surface area contributed by atoms with E-state index < -0.39 is 5.82 Å². The lowest BCUT2D eigenvalue weighted by Crippen LogP contribution is -2.54. The van der Waals surface area contributed by atoms with Crippen LogP contribution in [-0.2, 0) is 11.2 Å². The Kier molecular flexibility index (Phi) is 10.2. The first-order valence-electron chi connectivity index (χ1n) is 17.5. The molecule has 6 rings (SSSR count). The number of likely N-dealkylation sites (tertiary alicyclic amines) is 1. The first-order valence-corrected chi connectivity index (χ1v) is 17.5. The molecule has 2 aromatic rings. The molecule has 1 atom stereocenters. The Morgan fingerprint density at radius 2 is 1.87 bits per heavy atom. The van der Waals surface area contributed by atoms with Gasteiger partial charge in [-0.2, -0.15) is 0 Å². The Hall–Kier alpha value is -3.37. The minimum absolute atomic E-state index is 0. The average Bonchev–Trinajstić information content (AvgIpc) is 3.70. The summed E-state index contributed by atoms with van der Waals surface area (Å²) in [6.45, 7) is 15.4. The number of halogens is 1. The van der Waals surface area contributed by atoms with E-state index in [1.165, 1.54) is 70.6 Å². The molecule has 3 heterocycles. The van der Waals surface area contributed by atoms with E-state index in [1.54, 1.807) is 13.0 Å². The molecule has 1 N–H and O–H groups in total. The number of carbonyl (C=O) groups is 1. The summed E-state index contributed by atoms with van der Waals surface area (Å²) in [7, 11) is 0. The Balaban J connectivity index is 0.00000164. The number of allylic oxidation sites excluding steroid dienone is 4. The highest BCUT2D eigenvalue weighted by Gasteiger charge is 2.61. The fourth-order valence-electron chi connectivity index (χ4n) is 8.49. The van der Waals surface area contributed by atoms with Crippen LogP contribution in [-0.4, -0.2) is 45.3 Å². The lowest BCUT2D eigenvalue weighted by Gasteiger charge is -2.49. The summed E-state index contributed by atoms with van der Waals surface area (Å²) < 4.78 is 15.0. The third kappa shape index (κ3) is 6.98. The van der Waals surface area contributed by atoms with Crippen molar-refractivity contribution in [2.24, 2.45) is 22.2 Å². The van der Waals surface area contributed by atoms with Crippen LogP contribution in [0.2, 0.25) is 0 Å². The summed E-state index contributed by atoms with van der Waals surface area (Å²) in [5, 5.41) is 3.12. The highest BCUT2D eigenvalue weighted by atomic mass is 19.1. The van der Waals surface area contributed by atoms with Crippen LogP contribution in [0.15, 0.2) is 41.7 Å². The molecule has 3 saturated carbocycles. The summed E-state index contributed by atoms with van der Waals surface area (Å²) in [5.74, 6) is 3.85. The predicted molar refractivity (Wildman–Crippen MR) is 187 cm³/mol. The summed E-state index contributed by atoms with van der Waals surface area (Å²) in [5.41, 5.74) is 3.98. The highest BCUT2D eigenvalue weighted by Crippen LogP contribution is 2.72. The molecule has 46 heavy (non-hydrogen) atoms. The van der Waals surface area contributed by atoms with Gasteiger partial charge in [0.25, 0.3) is 0 Å². The van der Waals surface area contributed by atoms with Gasteiger partial charge in [-0.3, -0.25) is 4.79 Å². The van der Waals surface area contributed by atoms with Crippen LogP contribution in [0.3, 0.4) is 0 Å². The van der Waals surface area contributed by atoms with Crippen LogP contribution < -0.4 is 5.32 Å². The van der Waals surface area contributed by atoms with Crippen molar-refractivity contribution in [3.05, 3.63) is 58.8 Å². The number of nitrogens with one attached hydrogen (secondary N) is 1. The van der Waals surface area contributed by atoms with Gasteiger partial charge in [0.1, 0.15) is 11.5 Å². The van der Waals surface area contributed by atoms with Crippen LogP contribution in [0.4, 0.5) is 16.2 Å². The SMILES string of the molecule is C#C/C(=C(\C=C(/C)c1nc(Nc2ccc(CCC3CCC4(C3)CN(CC)C4)cn2)ncc1F)C(C)=O)C1(CC)CC2(CC2)C1.CC.[HH]. The summed E-state index contributed by atoms with van der Waals surface area (Å²) in [6.07, 6.45) is 22.6. The van der Waals surface area contributed by atoms with Gasteiger partial charge < -0.3 is 10.2 Å². The highest BCUT2D eigenvalue weighted by molar-refractivity contribution is 5.99. The second kappa shape index (κ2) is 13.8. The lowest BCUT2D eigenvalue weighted by molar-refractivity contribution is -0.113. The van der Waals surface area contributed by atoms with Crippen molar-refractivity contribution in [3.63, 3.8) is 0 Å². The third-order valence-electron chi connectivity index (χ3n) is 11.1. The van der Waals surface area contributed by atoms with Crippen molar-refractivity contribution in [3.8, 4) is 12.3 Å². The first kappa shape index (κ1) is 34.0. The van der Waals surface area contributed by atoms with E-state index >= 15 is 4.39 Å². The molecule has 6 nitrogen and oxygen atoms in total. The molecule has 1 aliphatic heterocycles. The van der Waals surface area contributed by atoms with Gasteiger partial charge in [-0.05, 0) is 125 Å². The molecule has 248 valence electrons. The molecule has 1 unspecified atom stereocenters. The van der Waals surface area contributed by atoms with Crippen LogP contribution in [0.5, 0.6) is 0 Å². The third-order valence-corrected chi connectivity index (χ3v) is 11.1. The second-order valence-corrected chi connectivity index (χ2v) is 14.3. The Labute approximate surface area is 277 Å². The zero-order chi connectivity index (χ0) is 33.1. The lowest BCUT2D eigenvalue weighted by atomic mass is 9.54. The van der Waals surface area contributed by atoms with Crippen molar-refractivity contribution < 1.29 is 10.6 Å².